The van der Waals surface area contributed by atoms with Crippen molar-refractivity contribution in [1.82, 2.24) is 29.4 Å². The fourth-order valence-electron chi connectivity index (χ4n) is 4.75. The van der Waals surface area contributed by atoms with Crippen molar-refractivity contribution in [2.45, 2.75) is 32.2 Å². The largest absolute Gasteiger partial charge is 0.479 e. The highest BCUT2D eigenvalue weighted by atomic mass is 19.1. The molecule has 0 aromatic carbocycles. The molecule has 0 radical (unpaired) electrons. The van der Waals surface area contributed by atoms with Gasteiger partial charge in [-0.05, 0) is 51.9 Å². The highest BCUT2D eigenvalue weighted by Crippen LogP contribution is 2.34. The Labute approximate surface area is 192 Å². The summed E-state index contributed by atoms with van der Waals surface area (Å²) in [6.45, 7) is 5.41. The predicted octanol–water partition coefficient (Wildman–Crippen LogP) is 3.12. The van der Waals surface area contributed by atoms with E-state index in [0.29, 0.717) is 43.0 Å². The van der Waals surface area contributed by atoms with Crippen LogP contribution in [0.5, 0.6) is 5.88 Å². The number of methoxy groups -OCH3 is 1. The molecule has 9 nitrogen and oxygen atoms in total. The number of hydrogen-bond acceptors (Lipinski definition) is 7. The van der Waals surface area contributed by atoms with Crippen LogP contribution in [-0.4, -0.2) is 70.0 Å². The highest BCUT2D eigenvalue weighted by molar-refractivity contribution is 5.71. The minimum absolute atomic E-state index is 0.0325. The fraction of sp³-hybridized carbons (Fsp3) is 0.522. The molecule has 5 rings (SSSR count). The van der Waals surface area contributed by atoms with Crippen LogP contribution in [0.4, 0.5) is 10.2 Å². The molecule has 2 aliphatic heterocycles. The number of rotatable bonds is 5. The highest BCUT2D eigenvalue weighted by Gasteiger charge is 2.26. The third-order valence-electron chi connectivity index (χ3n) is 6.79. The second-order valence-electron chi connectivity index (χ2n) is 8.84. The van der Waals surface area contributed by atoms with Crippen LogP contribution in [0.2, 0.25) is 0 Å². The molecule has 0 aliphatic carbocycles. The van der Waals surface area contributed by atoms with Gasteiger partial charge in [0.25, 0.3) is 0 Å². The van der Waals surface area contributed by atoms with Crippen LogP contribution in [0.3, 0.4) is 0 Å². The third kappa shape index (κ3) is 4.20. The maximum atomic E-state index is 14.4. The summed E-state index contributed by atoms with van der Waals surface area (Å²) in [6.07, 6.45) is 8.47. The first-order valence-corrected chi connectivity index (χ1v) is 11.4. The SMILES string of the molecule is COc1ncc(-c2nn(-c3cnn([C@@H](C)C4CCN(C)CC4)c3)c3c2CCOCN3)cc1F. The Kier molecular flexibility index (Phi) is 6.03. The van der Waals surface area contributed by atoms with Gasteiger partial charge in [0, 0.05) is 23.7 Å². The third-order valence-corrected chi connectivity index (χ3v) is 6.79. The van der Waals surface area contributed by atoms with Gasteiger partial charge in [-0.3, -0.25) is 4.68 Å². The van der Waals surface area contributed by atoms with Gasteiger partial charge < -0.3 is 19.7 Å². The first kappa shape index (κ1) is 21.8. The number of nitrogens with one attached hydrogen (secondary N) is 1. The zero-order valence-electron chi connectivity index (χ0n) is 19.3. The predicted molar refractivity (Wildman–Crippen MR) is 122 cm³/mol. The average molecular weight is 456 g/mol. The van der Waals surface area contributed by atoms with Gasteiger partial charge in [-0.1, -0.05) is 0 Å². The van der Waals surface area contributed by atoms with E-state index < -0.39 is 5.82 Å². The first-order valence-electron chi connectivity index (χ1n) is 11.4. The van der Waals surface area contributed by atoms with Gasteiger partial charge >= 0.3 is 0 Å². The smallest absolute Gasteiger partial charge is 0.250 e. The van der Waals surface area contributed by atoms with Crippen molar-refractivity contribution in [3.8, 4) is 22.8 Å². The normalized spacial score (nSPS) is 18.4. The summed E-state index contributed by atoms with van der Waals surface area (Å²) in [5.74, 6) is 0.884. The monoisotopic (exact) mass is 455 g/mol. The topological polar surface area (TPSA) is 82.3 Å². The summed E-state index contributed by atoms with van der Waals surface area (Å²) in [5, 5.41) is 12.9. The number of nitrogens with zero attached hydrogens (tertiary/aromatic N) is 6. The number of pyridine rings is 1. The van der Waals surface area contributed by atoms with Crippen LogP contribution in [0.15, 0.2) is 24.7 Å². The summed E-state index contributed by atoms with van der Waals surface area (Å²) in [5.41, 5.74) is 3.09. The lowest BCUT2D eigenvalue weighted by Gasteiger charge is -2.32. The minimum Gasteiger partial charge on any atom is -0.479 e. The van der Waals surface area contributed by atoms with E-state index >= 15 is 0 Å². The number of likely N-dealkylation sites (tertiary alicyclic amines) is 1. The van der Waals surface area contributed by atoms with Crippen molar-refractivity contribution in [1.29, 1.82) is 0 Å². The van der Waals surface area contributed by atoms with Crippen LogP contribution >= 0.6 is 0 Å². The number of fused-ring (bicyclic) bond motifs is 1. The molecule has 5 heterocycles. The van der Waals surface area contributed by atoms with Gasteiger partial charge in [-0.25, -0.2) is 14.1 Å². The van der Waals surface area contributed by atoms with E-state index in [0.717, 1.165) is 30.2 Å². The van der Waals surface area contributed by atoms with Crippen LogP contribution in [0, 0.1) is 11.7 Å². The van der Waals surface area contributed by atoms with Crippen molar-refractivity contribution < 1.29 is 13.9 Å². The van der Waals surface area contributed by atoms with Crippen molar-refractivity contribution in [3.63, 3.8) is 0 Å². The lowest BCUT2D eigenvalue weighted by molar-refractivity contribution is 0.159. The van der Waals surface area contributed by atoms with E-state index in [1.807, 2.05) is 21.8 Å². The Morgan fingerprint density at radius 2 is 2.09 bits per heavy atom. The molecule has 2 aliphatic rings. The summed E-state index contributed by atoms with van der Waals surface area (Å²) in [6, 6.07) is 1.72. The van der Waals surface area contributed by atoms with E-state index in [9.17, 15) is 4.39 Å². The van der Waals surface area contributed by atoms with Crippen LogP contribution in [0.25, 0.3) is 16.9 Å². The molecule has 0 bridgehead atoms. The number of aromatic nitrogens is 5. The van der Waals surface area contributed by atoms with Crippen LogP contribution in [0.1, 0.15) is 31.4 Å². The lowest BCUT2D eigenvalue weighted by atomic mass is 9.91. The Hall–Kier alpha value is -2.98. The van der Waals surface area contributed by atoms with Crippen LogP contribution in [-0.2, 0) is 11.2 Å². The second-order valence-corrected chi connectivity index (χ2v) is 8.84. The molecule has 3 aromatic heterocycles. The van der Waals surface area contributed by atoms with Gasteiger partial charge in [-0.15, -0.1) is 0 Å². The molecule has 1 N–H and O–H groups in total. The van der Waals surface area contributed by atoms with Gasteiger partial charge in [0.05, 0.1) is 37.8 Å². The van der Waals surface area contributed by atoms with E-state index in [4.69, 9.17) is 14.6 Å². The molecule has 33 heavy (non-hydrogen) atoms. The molecule has 1 fully saturated rings. The Balaban J connectivity index is 1.49. The van der Waals surface area contributed by atoms with E-state index in [-0.39, 0.29) is 5.88 Å². The van der Waals surface area contributed by atoms with Crippen LogP contribution < -0.4 is 10.1 Å². The standard InChI is InChI=1S/C23H30FN7O2/c1-15(16-4-7-29(2)8-5-16)30-13-18(12-27-30)31-22-19(6-9-33-14-26-22)21(28-31)17-10-20(24)23(32-3)25-11-17/h10-13,15-16,26H,4-9,14H2,1-3H3/t15-/m0/s1. The van der Waals surface area contributed by atoms with Crippen molar-refractivity contribution in [3.05, 3.63) is 36.0 Å². The zero-order chi connectivity index (χ0) is 22.9. The van der Waals surface area contributed by atoms with Gasteiger partial charge in [0.2, 0.25) is 5.88 Å². The molecule has 0 saturated carbocycles. The van der Waals surface area contributed by atoms with Gasteiger partial charge in [0.15, 0.2) is 5.82 Å². The number of ether oxygens (including phenoxy) is 2. The maximum absolute atomic E-state index is 14.4. The number of anilines is 1. The molecular formula is C23H30FN7O2. The van der Waals surface area contributed by atoms with Crippen molar-refractivity contribution in [2.24, 2.45) is 5.92 Å². The number of halogens is 1. The fourth-order valence-corrected chi connectivity index (χ4v) is 4.75. The summed E-state index contributed by atoms with van der Waals surface area (Å²) < 4.78 is 28.9. The van der Waals surface area contributed by atoms with Gasteiger partial charge in [-0.2, -0.15) is 10.2 Å². The van der Waals surface area contributed by atoms with E-state index in [2.05, 4.69) is 34.3 Å². The Bertz CT molecular complexity index is 1120. The second kappa shape index (κ2) is 9.11. The van der Waals surface area contributed by atoms with E-state index in [1.54, 1.807) is 6.20 Å². The van der Waals surface area contributed by atoms with Crippen molar-refractivity contribution in [2.75, 3.05) is 45.9 Å². The average Bonchev–Trinajstić information content (AvgIpc) is 3.37. The molecule has 1 saturated heterocycles. The number of piperidine rings is 1. The number of hydrogen-bond donors (Lipinski definition) is 1. The zero-order valence-corrected chi connectivity index (χ0v) is 19.3. The Morgan fingerprint density at radius 3 is 2.85 bits per heavy atom. The molecule has 10 heteroatoms. The summed E-state index contributed by atoms with van der Waals surface area (Å²) in [4.78, 5) is 6.47. The van der Waals surface area contributed by atoms with Gasteiger partial charge in [0.1, 0.15) is 18.2 Å². The minimum atomic E-state index is -0.518. The van der Waals surface area contributed by atoms with Crippen molar-refractivity contribution >= 4 is 5.82 Å². The molecule has 3 aromatic rings. The molecule has 176 valence electrons. The molecule has 0 amide bonds. The lowest BCUT2D eigenvalue weighted by Crippen LogP contribution is -2.33. The quantitative estimate of drug-likeness (QED) is 0.633. The van der Waals surface area contributed by atoms with E-state index in [1.165, 1.54) is 26.0 Å². The molecule has 0 spiro atoms. The Morgan fingerprint density at radius 1 is 1.27 bits per heavy atom. The maximum Gasteiger partial charge on any atom is 0.250 e. The summed E-state index contributed by atoms with van der Waals surface area (Å²) >= 11 is 0. The molecule has 0 unspecified atom stereocenters. The molecule has 1 atom stereocenters. The first-order chi connectivity index (χ1) is 16.0. The molecular weight excluding hydrogens is 425 g/mol. The summed E-state index contributed by atoms with van der Waals surface area (Å²) in [7, 11) is 3.58.